The van der Waals surface area contributed by atoms with Gasteiger partial charge in [0.05, 0.1) is 4.90 Å². The van der Waals surface area contributed by atoms with Crippen LogP contribution in [0.3, 0.4) is 0 Å². The van der Waals surface area contributed by atoms with Crippen molar-refractivity contribution < 1.29 is 18.4 Å². The van der Waals surface area contributed by atoms with Gasteiger partial charge in [-0.15, -0.1) is 0 Å². The van der Waals surface area contributed by atoms with Gasteiger partial charge in [-0.1, -0.05) is 75.7 Å². The van der Waals surface area contributed by atoms with Gasteiger partial charge in [0.2, 0.25) is 0 Å². The summed E-state index contributed by atoms with van der Waals surface area (Å²) in [6.07, 6.45) is 3.61. The summed E-state index contributed by atoms with van der Waals surface area (Å²) >= 11 is 0. The van der Waals surface area contributed by atoms with Crippen LogP contribution in [0.1, 0.15) is 38.8 Å². The number of benzene rings is 2. The molecule has 150 valence electrons. The number of hydrogen-bond acceptors (Lipinski definition) is 4. The fourth-order valence-corrected chi connectivity index (χ4v) is 2.27. The summed E-state index contributed by atoms with van der Waals surface area (Å²) in [4.78, 5) is 10.9. The molecular weight excluding hydrogens is 362 g/mol. The normalized spacial score (nSPS) is 9.59. The fraction of sp³-hybridized carbons (Fsp3) is 0.286. The van der Waals surface area contributed by atoms with Crippen LogP contribution in [0.2, 0.25) is 0 Å². The quantitative estimate of drug-likeness (QED) is 0.451. The van der Waals surface area contributed by atoms with E-state index in [4.69, 9.17) is 5.21 Å². The van der Waals surface area contributed by atoms with E-state index in [1.165, 1.54) is 29.3 Å². The summed E-state index contributed by atoms with van der Waals surface area (Å²) in [6, 6.07) is 16.4. The van der Waals surface area contributed by atoms with Gasteiger partial charge in [0, 0.05) is 12.3 Å². The van der Waals surface area contributed by atoms with Crippen molar-refractivity contribution in [1.29, 1.82) is 0 Å². The Labute approximate surface area is 163 Å². The summed E-state index contributed by atoms with van der Waals surface area (Å²) in [5, 5.41) is 8.25. The third-order valence-electron chi connectivity index (χ3n) is 2.76. The van der Waals surface area contributed by atoms with E-state index in [0.29, 0.717) is 5.56 Å². The summed E-state index contributed by atoms with van der Waals surface area (Å²) in [6.45, 7) is 10.1. The molecule has 0 aliphatic carbocycles. The molecule has 0 bridgehead atoms. The maximum atomic E-state index is 11.2. The average molecular weight is 394 g/mol. The number of rotatable bonds is 3. The monoisotopic (exact) mass is 393 g/mol. The molecule has 6 heteroatoms. The first-order valence-corrected chi connectivity index (χ1v) is 10.7. The molecule has 0 atom stereocenters. The van der Waals surface area contributed by atoms with Crippen molar-refractivity contribution in [3.05, 3.63) is 71.8 Å². The molecule has 0 spiro atoms. The minimum Gasteiger partial charge on any atom is -0.288 e. The number of carbonyl (C=O) groups is 1. The standard InChI is InChI=1S/C10H11NO4S.C7H8.2C2H6/c1-16(14,15)9-4-2-3-8(7-9)5-6-10(12)11-13;1-7-5-3-2-4-6-7;2*1-2/h2-7,13H,1H3,(H,11,12);2-6H,1H3;2*1-2H3/b6-5+;;;. The molecule has 2 aromatic rings. The van der Waals surface area contributed by atoms with Crippen molar-refractivity contribution in [2.24, 2.45) is 0 Å². The van der Waals surface area contributed by atoms with Crippen LogP contribution >= 0.6 is 0 Å². The number of nitrogens with one attached hydrogen (secondary N) is 1. The van der Waals surface area contributed by atoms with Crippen LogP contribution in [0.15, 0.2) is 65.6 Å². The SMILES string of the molecule is CC.CC.CS(=O)(=O)c1cccc(/C=C/C(=O)NO)c1.Cc1ccccc1. The van der Waals surface area contributed by atoms with Gasteiger partial charge in [0.1, 0.15) is 0 Å². The lowest BCUT2D eigenvalue weighted by atomic mass is 10.2. The topological polar surface area (TPSA) is 83.5 Å². The van der Waals surface area contributed by atoms with E-state index in [1.807, 2.05) is 45.9 Å². The smallest absolute Gasteiger partial charge is 0.267 e. The highest BCUT2D eigenvalue weighted by Gasteiger charge is 2.06. The van der Waals surface area contributed by atoms with Crippen molar-refractivity contribution in [1.82, 2.24) is 5.48 Å². The first kappa shape index (κ1) is 26.8. The minimum atomic E-state index is -3.25. The number of hydrogen-bond donors (Lipinski definition) is 2. The van der Waals surface area contributed by atoms with Crippen LogP contribution < -0.4 is 5.48 Å². The fourth-order valence-electron chi connectivity index (χ4n) is 1.59. The van der Waals surface area contributed by atoms with Gasteiger partial charge in [-0.05, 0) is 30.7 Å². The summed E-state index contributed by atoms with van der Waals surface area (Å²) in [7, 11) is -3.25. The third-order valence-corrected chi connectivity index (χ3v) is 3.87. The average Bonchev–Trinajstić information content (AvgIpc) is 2.70. The van der Waals surface area contributed by atoms with E-state index in [9.17, 15) is 13.2 Å². The number of amides is 1. The molecule has 0 heterocycles. The largest absolute Gasteiger partial charge is 0.288 e. The van der Waals surface area contributed by atoms with Crippen LogP contribution in [-0.2, 0) is 14.6 Å². The molecule has 1 amide bonds. The predicted octanol–water partition coefficient (Wildman–Crippen LogP) is 4.66. The Balaban J connectivity index is 0. The van der Waals surface area contributed by atoms with E-state index >= 15 is 0 Å². The van der Waals surface area contributed by atoms with Crippen molar-refractivity contribution >= 4 is 21.8 Å². The van der Waals surface area contributed by atoms with Gasteiger partial charge in [0.25, 0.3) is 5.91 Å². The Morgan fingerprint density at radius 1 is 0.963 bits per heavy atom. The lowest BCUT2D eigenvalue weighted by Crippen LogP contribution is -2.14. The molecule has 0 radical (unpaired) electrons. The second-order valence-electron chi connectivity index (χ2n) is 4.81. The van der Waals surface area contributed by atoms with Gasteiger partial charge in [-0.2, -0.15) is 0 Å². The van der Waals surface area contributed by atoms with E-state index < -0.39 is 15.7 Å². The molecule has 2 N–H and O–H groups in total. The lowest BCUT2D eigenvalue weighted by molar-refractivity contribution is -0.124. The van der Waals surface area contributed by atoms with Crippen molar-refractivity contribution in [2.45, 2.75) is 39.5 Å². The zero-order valence-corrected chi connectivity index (χ0v) is 17.7. The molecule has 0 aromatic heterocycles. The van der Waals surface area contributed by atoms with Gasteiger partial charge >= 0.3 is 0 Å². The van der Waals surface area contributed by atoms with Gasteiger partial charge in [0.15, 0.2) is 9.84 Å². The second-order valence-corrected chi connectivity index (χ2v) is 6.82. The Hall–Kier alpha value is -2.44. The zero-order valence-electron chi connectivity index (χ0n) is 16.9. The number of hydroxylamine groups is 1. The first-order valence-electron chi connectivity index (χ1n) is 8.77. The van der Waals surface area contributed by atoms with Crippen molar-refractivity contribution in [3.63, 3.8) is 0 Å². The Kier molecular flexibility index (Phi) is 15.7. The van der Waals surface area contributed by atoms with E-state index in [2.05, 4.69) is 19.1 Å². The molecule has 0 aliphatic rings. The third kappa shape index (κ3) is 13.4. The van der Waals surface area contributed by atoms with Gasteiger partial charge in [-0.25, -0.2) is 13.9 Å². The van der Waals surface area contributed by atoms with E-state index in [0.717, 1.165) is 12.3 Å². The molecule has 0 fully saturated rings. The van der Waals surface area contributed by atoms with Crippen LogP contribution in [-0.4, -0.2) is 25.8 Å². The molecule has 5 nitrogen and oxygen atoms in total. The summed E-state index contributed by atoms with van der Waals surface area (Å²) in [5.74, 6) is -0.676. The summed E-state index contributed by atoms with van der Waals surface area (Å²) in [5.41, 5.74) is 3.32. The Bertz CT molecular complexity index is 770. The Morgan fingerprint density at radius 2 is 1.52 bits per heavy atom. The highest BCUT2D eigenvalue weighted by atomic mass is 32.2. The second kappa shape index (κ2) is 15.8. The van der Waals surface area contributed by atoms with E-state index in [-0.39, 0.29) is 4.90 Å². The maximum absolute atomic E-state index is 11.2. The molecule has 2 aromatic carbocycles. The molecule has 27 heavy (non-hydrogen) atoms. The van der Waals surface area contributed by atoms with Crippen molar-refractivity contribution in [3.8, 4) is 0 Å². The number of aryl methyl sites for hydroxylation is 1. The zero-order chi connectivity index (χ0) is 21.3. The number of sulfone groups is 1. The highest BCUT2D eigenvalue weighted by molar-refractivity contribution is 7.90. The molecule has 0 unspecified atom stereocenters. The van der Waals surface area contributed by atoms with Crippen LogP contribution in [0.25, 0.3) is 6.08 Å². The maximum Gasteiger partial charge on any atom is 0.267 e. The lowest BCUT2D eigenvalue weighted by Gasteiger charge is -1.99. The number of carbonyl (C=O) groups excluding carboxylic acids is 1. The van der Waals surface area contributed by atoms with Gasteiger partial charge < -0.3 is 0 Å². The predicted molar refractivity (Wildman–Crippen MR) is 112 cm³/mol. The molecule has 0 aliphatic heterocycles. The molecule has 0 saturated heterocycles. The minimum absolute atomic E-state index is 0.180. The molecule has 0 saturated carbocycles. The van der Waals surface area contributed by atoms with Crippen LogP contribution in [0.5, 0.6) is 0 Å². The van der Waals surface area contributed by atoms with Gasteiger partial charge in [-0.3, -0.25) is 10.0 Å². The first-order chi connectivity index (χ1) is 12.8. The van der Waals surface area contributed by atoms with Crippen molar-refractivity contribution in [2.75, 3.05) is 6.26 Å². The Morgan fingerprint density at radius 3 is 1.93 bits per heavy atom. The van der Waals surface area contributed by atoms with Crippen LogP contribution in [0.4, 0.5) is 0 Å². The van der Waals surface area contributed by atoms with Crippen LogP contribution in [0, 0.1) is 6.92 Å². The molecular formula is C21H31NO4S. The molecule has 2 rings (SSSR count). The summed E-state index contributed by atoms with van der Waals surface area (Å²) < 4.78 is 22.5. The highest BCUT2D eigenvalue weighted by Crippen LogP contribution is 2.12. The van der Waals surface area contributed by atoms with E-state index in [1.54, 1.807) is 12.1 Å².